The Balaban J connectivity index is 0.00000320. The van der Waals surface area contributed by atoms with Crippen LogP contribution in [0.15, 0.2) is 66.0 Å². The molecule has 2 aromatic heterocycles. The van der Waals surface area contributed by atoms with Gasteiger partial charge >= 0.3 is 0 Å². The molecule has 0 bridgehead atoms. The molecule has 0 saturated carbocycles. The molecule has 0 aliphatic heterocycles. The number of nitrogens with zero attached hydrogens (tertiary/aromatic N) is 4. The van der Waals surface area contributed by atoms with Crippen LogP contribution < -0.4 is 15.4 Å². The Labute approximate surface area is 192 Å². The highest BCUT2D eigenvalue weighted by Gasteiger charge is 2.10. The maximum Gasteiger partial charge on any atom is 0.191 e. The SMILES string of the molecule is CCC(CNC(=NC)NCc1ccnc(-n2cccn2)c1)Oc1cccc(F)c1.I. The molecule has 7 nitrogen and oxygen atoms in total. The highest BCUT2D eigenvalue weighted by Crippen LogP contribution is 2.14. The molecule has 1 atom stereocenters. The molecule has 30 heavy (non-hydrogen) atoms. The normalized spacial score (nSPS) is 12.0. The van der Waals surface area contributed by atoms with E-state index in [-0.39, 0.29) is 35.9 Å². The van der Waals surface area contributed by atoms with Crippen molar-refractivity contribution in [1.82, 2.24) is 25.4 Å². The zero-order valence-electron chi connectivity index (χ0n) is 17.0. The van der Waals surface area contributed by atoms with Gasteiger partial charge in [0.1, 0.15) is 17.7 Å². The lowest BCUT2D eigenvalue weighted by Crippen LogP contribution is -2.42. The van der Waals surface area contributed by atoms with Gasteiger partial charge in [-0.1, -0.05) is 13.0 Å². The molecular weight excluding hydrogens is 498 g/mol. The molecule has 1 aromatic carbocycles. The largest absolute Gasteiger partial charge is 0.489 e. The third-order valence-electron chi connectivity index (χ3n) is 4.28. The highest BCUT2D eigenvalue weighted by atomic mass is 127. The Kier molecular flexibility index (Phi) is 9.52. The molecule has 0 aliphatic rings. The first-order valence-corrected chi connectivity index (χ1v) is 9.49. The van der Waals surface area contributed by atoms with E-state index >= 15 is 0 Å². The second kappa shape index (κ2) is 12.1. The van der Waals surface area contributed by atoms with E-state index in [1.54, 1.807) is 36.3 Å². The minimum atomic E-state index is -0.311. The molecule has 3 rings (SSSR count). The summed E-state index contributed by atoms with van der Waals surface area (Å²) in [5.74, 6) is 1.62. The van der Waals surface area contributed by atoms with Crippen molar-refractivity contribution >= 4 is 29.9 Å². The summed E-state index contributed by atoms with van der Waals surface area (Å²) in [6, 6.07) is 11.9. The third-order valence-corrected chi connectivity index (χ3v) is 4.28. The van der Waals surface area contributed by atoms with E-state index in [2.05, 4.69) is 25.7 Å². The Morgan fingerprint density at radius 1 is 1.20 bits per heavy atom. The van der Waals surface area contributed by atoms with E-state index in [0.29, 0.717) is 24.8 Å². The Morgan fingerprint density at radius 2 is 2.07 bits per heavy atom. The van der Waals surface area contributed by atoms with Crippen molar-refractivity contribution in [3.05, 3.63) is 72.4 Å². The van der Waals surface area contributed by atoms with Gasteiger partial charge in [-0.25, -0.2) is 14.1 Å². The van der Waals surface area contributed by atoms with Crippen LogP contribution in [0.2, 0.25) is 0 Å². The number of hydrogen-bond donors (Lipinski definition) is 2. The number of benzene rings is 1. The van der Waals surface area contributed by atoms with Crippen molar-refractivity contribution in [2.45, 2.75) is 26.0 Å². The predicted octanol–water partition coefficient (Wildman–Crippen LogP) is 3.55. The van der Waals surface area contributed by atoms with E-state index in [4.69, 9.17) is 4.74 Å². The van der Waals surface area contributed by atoms with Crippen LogP contribution in [-0.4, -0.2) is 40.4 Å². The predicted molar refractivity (Wildman–Crippen MR) is 126 cm³/mol. The fraction of sp³-hybridized carbons (Fsp3) is 0.286. The molecule has 160 valence electrons. The van der Waals surface area contributed by atoms with E-state index in [1.165, 1.54) is 12.1 Å². The maximum absolute atomic E-state index is 13.3. The summed E-state index contributed by atoms with van der Waals surface area (Å²) in [4.78, 5) is 8.58. The Morgan fingerprint density at radius 3 is 2.77 bits per heavy atom. The maximum atomic E-state index is 13.3. The van der Waals surface area contributed by atoms with Gasteiger partial charge in [-0.2, -0.15) is 5.10 Å². The molecule has 0 aliphatic carbocycles. The Hall–Kier alpha value is -2.69. The highest BCUT2D eigenvalue weighted by molar-refractivity contribution is 14.0. The van der Waals surface area contributed by atoms with Crippen LogP contribution in [0, 0.1) is 5.82 Å². The summed E-state index contributed by atoms with van der Waals surface area (Å²) < 4.78 is 20.9. The number of aromatic nitrogens is 3. The lowest BCUT2D eigenvalue weighted by Gasteiger charge is -2.20. The molecule has 0 radical (unpaired) electrons. The molecule has 0 fully saturated rings. The Bertz CT molecular complexity index is 935. The van der Waals surface area contributed by atoms with E-state index in [1.807, 2.05) is 31.3 Å². The topological polar surface area (TPSA) is 76.4 Å². The number of pyridine rings is 1. The van der Waals surface area contributed by atoms with Gasteiger partial charge < -0.3 is 15.4 Å². The van der Waals surface area contributed by atoms with Gasteiger partial charge in [0.15, 0.2) is 11.8 Å². The van der Waals surface area contributed by atoms with Crippen molar-refractivity contribution in [3.63, 3.8) is 0 Å². The van der Waals surface area contributed by atoms with Crippen LogP contribution in [0.3, 0.4) is 0 Å². The van der Waals surface area contributed by atoms with Gasteiger partial charge in [-0.15, -0.1) is 24.0 Å². The first kappa shape index (κ1) is 23.6. The number of hydrogen-bond acceptors (Lipinski definition) is 4. The van der Waals surface area contributed by atoms with Gasteiger partial charge in [0, 0.05) is 38.2 Å². The third kappa shape index (κ3) is 6.97. The number of nitrogens with one attached hydrogen (secondary N) is 2. The molecule has 3 aromatic rings. The van der Waals surface area contributed by atoms with Crippen LogP contribution in [-0.2, 0) is 6.54 Å². The molecule has 1 unspecified atom stereocenters. The van der Waals surface area contributed by atoms with Crippen molar-refractivity contribution in [3.8, 4) is 11.6 Å². The number of ether oxygens (including phenoxy) is 1. The van der Waals surface area contributed by atoms with E-state index in [0.717, 1.165) is 17.8 Å². The molecule has 2 N–H and O–H groups in total. The van der Waals surface area contributed by atoms with Crippen LogP contribution in [0.25, 0.3) is 5.82 Å². The first-order valence-electron chi connectivity index (χ1n) is 9.49. The lowest BCUT2D eigenvalue weighted by atomic mass is 10.2. The second-order valence-electron chi connectivity index (χ2n) is 6.39. The summed E-state index contributed by atoms with van der Waals surface area (Å²) in [7, 11) is 1.71. The molecule has 0 amide bonds. The van der Waals surface area contributed by atoms with Crippen molar-refractivity contribution in [1.29, 1.82) is 0 Å². The van der Waals surface area contributed by atoms with Crippen LogP contribution in [0.5, 0.6) is 5.75 Å². The average Bonchev–Trinajstić information content (AvgIpc) is 3.28. The molecule has 2 heterocycles. The molecule has 0 saturated heterocycles. The van der Waals surface area contributed by atoms with Gasteiger partial charge in [0.2, 0.25) is 0 Å². The van der Waals surface area contributed by atoms with Crippen LogP contribution >= 0.6 is 24.0 Å². The monoisotopic (exact) mass is 524 g/mol. The number of halogens is 2. The molecule has 0 spiro atoms. The zero-order chi connectivity index (χ0) is 20.5. The fourth-order valence-electron chi connectivity index (χ4n) is 2.72. The van der Waals surface area contributed by atoms with Gasteiger partial charge in [-0.05, 0) is 42.3 Å². The fourth-order valence-corrected chi connectivity index (χ4v) is 2.72. The summed E-state index contributed by atoms with van der Waals surface area (Å²) in [5.41, 5.74) is 1.05. The first-order chi connectivity index (χ1) is 14.2. The number of rotatable bonds is 8. The molecule has 9 heteroatoms. The van der Waals surface area contributed by atoms with Crippen molar-refractivity contribution in [2.75, 3.05) is 13.6 Å². The van der Waals surface area contributed by atoms with Gasteiger partial charge in [-0.3, -0.25) is 4.99 Å². The minimum absolute atomic E-state index is 0. The van der Waals surface area contributed by atoms with Crippen LogP contribution in [0.4, 0.5) is 4.39 Å². The van der Waals surface area contributed by atoms with Crippen molar-refractivity contribution < 1.29 is 9.13 Å². The number of aliphatic imine (C=N–C) groups is 1. The minimum Gasteiger partial charge on any atom is -0.489 e. The quantitative estimate of drug-likeness (QED) is 0.268. The average molecular weight is 524 g/mol. The van der Waals surface area contributed by atoms with Crippen LogP contribution in [0.1, 0.15) is 18.9 Å². The van der Waals surface area contributed by atoms with Gasteiger partial charge in [0.25, 0.3) is 0 Å². The summed E-state index contributed by atoms with van der Waals surface area (Å²) >= 11 is 0. The van der Waals surface area contributed by atoms with E-state index in [9.17, 15) is 4.39 Å². The smallest absolute Gasteiger partial charge is 0.191 e. The van der Waals surface area contributed by atoms with E-state index < -0.39 is 0 Å². The second-order valence-corrected chi connectivity index (χ2v) is 6.39. The number of guanidine groups is 1. The molecular formula is C21H26FIN6O. The lowest BCUT2D eigenvalue weighted by molar-refractivity contribution is 0.199. The standard InChI is InChI=1S/C21H25FN6O.HI/c1-3-18(29-19-7-4-6-17(22)13-19)15-26-21(23-2)25-14-16-8-10-24-20(12-16)28-11-5-9-27-28;/h4-13,18H,3,14-15H2,1-2H3,(H2,23,25,26);1H. The summed E-state index contributed by atoms with van der Waals surface area (Å²) in [6.45, 7) is 3.15. The summed E-state index contributed by atoms with van der Waals surface area (Å²) in [6.07, 6.45) is 5.99. The van der Waals surface area contributed by atoms with Gasteiger partial charge in [0.05, 0.1) is 6.54 Å². The van der Waals surface area contributed by atoms with Crippen molar-refractivity contribution in [2.24, 2.45) is 4.99 Å². The summed E-state index contributed by atoms with van der Waals surface area (Å²) in [5, 5.41) is 10.7. The zero-order valence-corrected chi connectivity index (χ0v) is 19.3.